The first-order chi connectivity index (χ1) is 12.2. The zero-order valence-corrected chi connectivity index (χ0v) is 14.5. The van der Waals surface area contributed by atoms with Crippen molar-refractivity contribution in [3.63, 3.8) is 0 Å². The lowest BCUT2D eigenvalue weighted by Gasteiger charge is -2.14. The molecule has 0 saturated carbocycles. The van der Waals surface area contributed by atoms with Crippen LogP contribution in [0, 0.1) is 11.3 Å². The summed E-state index contributed by atoms with van der Waals surface area (Å²) in [5, 5.41) is 11.9. The number of ether oxygens (including phenoxy) is 2. The molecule has 0 aliphatic carbocycles. The van der Waals surface area contributed by atoms with E-state index < -0.39 is 0 Å². The van der Waals surface area contributed by atoms with Crippen LogP contribution in [0.25, 0.3) is 0 Å². The summed E-state index contributed by atoms with van der Waals surface area (Å²) in [5.74, 6) is 1.69. The molecule has 2 aromatic carbocycles. The second kappa shape index (κ2) is 9.18. The Balaban J connectivity index is 2.10. The fourth-order valence-electron chi connectivity index (χ4n) is 2.18. The van der Waals surface area contributed by atoms with E-state index in [2.05, 4.69) is 16.4 Å². The van der Waals surface area contributed by atoms with Crippen LogP contribution in [0.2, 0.25) is 0 Å². The van der Waals surface area contributed by atoms with Gasteiger partial charge in [-0.15, -0.1) is 0 Å². The van der Waals surface area contributed by atoms with Gasteiger partial charge in [-0.2, -0.15) is 5.26 Å². The lowest BCUT2D eigenvalue weighted by molar-refractivity contribution is 0.332. The molecule has 0 unspecified atom stereocenters. The first kappa shape index (κ1) is 18.1. The molecule has 0 atom stereocenters. The average molecular weight is 338 g/mol. The third-order valence-corrected chi connectivity index (χ3v) is 3.34. The van der Waals surface area contributed by atoms with E-state index in [1.54, 1.807) is 12.1 Å². The Hall–Kier alpha value is -3.20. The van der Waals surface area contributed by atoms with Crippen molar-refractivity contribution in [2.45, 2.75) is 20.4 Å². The van der Waals surface area contributed by atoms with Crippen LogP contribution in [0.3, 0.4) is 0 Å². The quantitative estimate of drug-likeness (QED) is 0.597. The molecular formula is C19H22N4O2. The first-order valence-corrected chi connectivity index (χ1v) is 8.11. The molecule has 2 aromatic rings. The molecule has 0 aromatic heterocycles. The van der Waals surface area contributed by atoms with Crippen LogP contribution in [0.4, 0.5) is 5.69 Å². The predicted molar refractivity (Wildman–Crippen MR) is 98.9 cm³/mol. The van der Waals surface area contributed by atoms with Crippen LogP contribution in [-0.2, 0) is 6.54 Å². The molecule has 2 rings (SSSR count). The Labute approximate surface area is 147 Å². The number of rotatable bonds is 7. The van der Waals surface area contributed by atoms with Gasteiger partial charge < -0.3 is 20.5 Å². The van der Waals surface area contributed by atoms with Gasteiger partial charge >= 0.3 is 0 Å². The maximum Gasteiger partial charge on any atom is 0.193 e. The van der Waals surface area contributed by atoms with E-state index in [9.17, 15) is 0 Å². The summed E-state index contributed by atoms with van der Waals surface area (Å²) in [6.07, 6.45) is 0. The number of nitrogens with two attached hydrogens (primary N) is 1. The molecule has 0 spiro atoms. The molecule has 0 bridgehead atoms. The van der Waals surface area contributed by atoms with Crippen molar-refractivity contribution in [3.8, 4) is 17.6 Å². The third kappa shape index (κ3) is 5.43. The molecule has 6 heteroatoms. The predicted octanol–water partition coefficient (Wildman–Crippen LogP) is 3.28. The number of guanidine groups is 1. The summed E-state index contributed by atoms with van der Waals surface area (Å²) in [6.45, 7) is 5.39. The van der Waals surface area contributed by atoms with E-state index in [0.717, 1.165) is 11.3 Å². The Bertz CT molecular complexity index is 764. The molecule has 0 aliphatic rings. The standard InChI is InChI=1S/C19H22N4O2/c1-3-24-16-9-10-18(25-4-2)17(11-16)23-19(21)22-13-15-7-5-14(12-20)6-8-15/h5-11H,3-4,13H2,1-2H3,(H3,21,22,23). The highest BCUT2D eigenvalue weighted by Gasteiger charge is 2.07. The Morgan fingerprint density at radius 3 is 2.48 bits per heavy atom. The average Bonchev–Trinajstić information content (AvgIpc) is 2.63. The molecule has 3 N–H and O–H groups in total. The number of hydrogen-bond acceptors (Lipinski definition) is 4. The number of nitriles is 1. The van der Waals surface area contributed by atoms with E-state index in [0.29, 0.717) is 36.8 Å². The number of aliphatic imine (C=N–C) groups is 1. The highest BCUT2D eigenvalue weighted by Crippen LogP contribution is 2.29. The van der Waals surface area contributed by atoms with Gasteiger partial charge in [0.1, 0.15) is 11.5 Å². The number of nitrogens with zero attached hydrogens (tertiary/aromatic N) is 2. The fraction of sp³-hybridized carbons (Fsp3) is 0.263. The monoisotopic (exact) mass is 338 g/mol. The van der Waals surface area contributed by atoms with Gasteiger partial charge in [0, 0.05) is 6.07 Å². The van der Waals surface area contributed by atoms with E-state index in [1.165, 1.54) is 0 Å². The molecular weight excluding hydrogens is 316 g/mol. The van der Waals surface area contributed by atoms with E-state index in [4.69, 9.17) is 20.5 Å². The summed E-state index contributed by atoms with van der Waals surface area (Å²) >= 11 is 0. The largest absolute Gasteiger partial charge is 0.494 e. The first-order valence-electron chi connectivity index (χ1n) is 8.11. The SMILES string of the molecule is CCOc1ccc(OCC)c(NC(N)=NCc2ccc(C#N)cc2)c1. The highest BCUT2D eigenvalue weighted by molar-refractivity contribution is 5.94. The molecule has 0 radical (unpaired) electrons. The van der Waals surface area contributed by atoms with Gasteiger partial charge in [0.05, 0.1) is 37.1 Å². The number of benzene rings is 2. The van der Waals surface area contributed by atoms with Crippen LogP contribution in [0.15, 0.2) is 47.5 Å². The molecule has 0 aliphatic heterocycles. The topological polar surface area (TPSA) is 92.7 Å². The number of hydrogen-bond donors (Lipinski definition) is 2. The van der Waals surface area contributed by atoms with Crippen molar-refractivity contribution in [3.05, 3.63) is 53.6 Å². The smallest absolute Gasteiger partial charge is 0.193 e. The highest BCUT2D eigenvalue weighted by atomic mass is 16.5. The van der Waals surface area contributed by atoms with Gasteiger partial charge in [0.15, 0.2) is 5.96 Å². The van der Waals surface area contributed by atoms with Crippen LogP contribution in [0.5, 0.6) is 11.5 Å². The van der Waals surface area contributed by atoms with Gasteiger partial charge in [-0.1, -0.05) is 12.1 Å². The van der Waals surface area contributed by atoms with Crippen molar-refractivity contribution in [1.29, 1.82) is 5.26 Å². The van der Waals surface area contributed by atoms with Crippen LogP contribution < -0.4 is 20.5 Å². The van der Waals surface area contributed by atoms with Crippen LogP contribution >= 0.6 is 0 Å². The van der Waals surface area contributed by atoms with Crippen molar-refractivity contribution in [2.75, 3.05) is 18.5 Å². The van der Waals surface area contributed by atoms with E-state index in [1.807, 2.05) is 44.2 Å². The summed E-state index contributed by atoms with van der Waals surface area (Å²) in [4.78, 5) is 4.33. The molecule has 25 heavy (non-hydrogen) atoms. The fourth-order valence-corrected chi connectivity index (χ4v) is 2.18. The molecule has 130 valence electrons. The van der Waals surface area contributed by atoms with E-state index in [-0.39, 0.29) is 5.96 Å². The second-order valence-electron chi connectivity index (χ2n) is 5.16. The molecule has 0 amide bonds. The third-order valence-electron chi connectivity index (χ3n) is 3.34. The van der Waals surface area contributed by atoms with Crippen molar-refractivity contribution < 1.29 is 9.47 Å². The van der Waals surface area contributed by atoms with Crippen molar-refractivity contribution in [2.24, 2.45) is 10.7 Å². The van der Waals surface area contributed by atoms with Crippen molar-refractivity contribution >= 4 is 11.6 Å². The van der Waals surface area contributed by atoms with Gasteiger partial charge in [-0.05, 0) is 43.7 Å². The molecule has 6 nitrogen and oxygen atoms in total. The maximum atomic E-state index is 8.81. The Morgan fingerprint density at radius 2 is 1.84 bits per heavy atom. The summed E-state index contributed by atoms with van der Waals surface area (Å²) in [7, 11) is 0. The van der Waals surface area contributed by atoms with Crippen LogP contribution in [-0.4, -0.2) is 19.2 Å². The Morgan fingerprint density at radius 1 is 1.12 bits per heavy atom. The van der Waals surface area contributed by atoms with Crippen molar-refractivity contribution in [1.82, 2.24) is 0 Å². The minimum absolute atomic E-state index is 0.277. The normalized spacial score (nSPS) is 10.8. The van der Waals surface area contributed by atoms with Gasteiger partial charge in [0.2, 0.25) is 0 Å². The zero-order valence-electron chi connectivity index (χ0n) is 14.5. The summed E-state index contributed by atoms with van der Waals surface area (Å²) in [5.41, 5.74) is 8.28. The lowest BCUT2D eigenvalue weighted by atomic mass is 10.1. The lowest BCUT2D eigenvalue weighted by Crippen LogP contribution is -2.23. The number of anilines is 1. The zero-order chi connectivity index (χ0) is 18.1. The van der Waals surface area contributed by atoms with Crippen LogP contribution in [0.1, 0.15) is 25.0 Å². The molecule has 0 saturated heterocycles. The minimum atomic E-state index is 0.277. The Kier molecular flexibility index (Phi) is 6.66. The number of nitrogens with one attached hydrogen (secondary N) is 1. The van der Waals surface area contributed by atoms with Gasteiger partial charge in [-0.3, -0.25) is 0 Å². The molecule has 0 fully saturated rings. The summed E-state index contributed by atoms with van der Waals surface area (Å²) < 4.78 is 11.1. The van der Waals surface area contributed by atoms with Gasteiger partial charge in [0.25, 0.3) is 0 Å². The van der Waals surface area contributed by atoms with Gasteiger partial charge in [-0.25, -0.2) is 4.99 Å². The second-order valence-corrected chi connectivity index (χ2v) is 5.16. The summed E-state index contributed by atoms with van der Waals surface area (Å²) in [6, 6.07) is 14.8. The van der Waals surface area contributed by atoms with E-state index >= 15 is 0 Å². The minimum Gasteiger partial charge on any atom is -0.494 e. The molecule has 0 heterocycles. The maximum absolute atomic E-state index is 8.81.